The molecular weight excluding hydrogens is 466 g/mol. The first-order valence-corrected chi connectivity index (χ1v) is 12.8. The predicted octanol–water partition coefficient (Wildman–Crippen LogP) is 3.78. The highest BCUT2D eigenvalue weighted by Crippen LogP contribution is 2.35. The van der Waals surface area contributed by atoms with Crippen molar-refractivity contribution in [2.75, 3.05) is 32.7 Å². The van der Waals surface area contributed by atoms with E-state index in [0.717, 1.165) is 30.8 Å². The molecule has 35 heavy (non-hydrogen) atoms. The first-order valence-electron chi connectivity index (χ1n) is 11.8. The Bertz CT molecular complexity index is 1300. The lowest BCUT2D eigenvalue weighted by molar-refractivity contribution is -0.130. The average Bonchev–Trinajstić information content (AvgIpc) is 3.31. The van der Waals surface area contributed by atoms with Crippen molar-refractivity contribution in [2.45, 2.75) is 32.0 Å². The number of aromatic nitrogens is 2. The molecule has 0 N–H and O–H groups in total. The van der Waals surface area contributed by atoms with E-state index in [1.54, 1.807) is 23.8 Å². The second kappa shape index (κ2) is 9.81. The van der Waals surface area contributed by atoms with E-state index in [9.17, 15) is 9.59 Å². The minimum absolute atomic E-state index is 0.0735. The zero-order valence-corrected chi connectivity index (χ0v) is 21.0. The summed E-state index contributed by atoms with van der Waals surface area (Å²) < 4.78 is 17.8. The standard InChI is InChI=1S/C26H29N3O5S/c1-16-8-17(2)12-28(11-16)24(30)14-35-26-27-21-10-23-22(33-15-34-23)9-20(21)25(31)29(26)13-18-4-6-19(32-3)7-5-18/h4-7,9-10,16-17H,8,11-15H2,1-3H3. The lowest BCUT2D eigenvalue weighted by atomic mass is 9.92. The summed E-state index contributed by atoms with van der Waals surface area (Å²) in [5.41, 5.74) is 1.28. The molecule has 1 saturated heterocycles. The molecule has 3 aromatic rings. The molecule has 2 unspecified atom stereocenters. The van der Waals surface area contributed by atoms with Crippen molar-refractivity contribution in [3.63, 3.8) is 0 Å². The van der Waals surface area contributed by atoms with Crippen LogP contribution in [0.4, 0.5) is 0 Å². The maximum absolute atomic E-state index is 13.6. The summed E-state index contributed by atoms with van der Waals surface area (Å²) in [4.78, 5) is 33.4. The fraction of sp³-hybridized carbons (Fsp3) is 0.423. The van der Waals surface area contributed by atoms with Crippen LogP contribution in [0.2, 0.25) is 0 Å². The van der Waals surface area contributed by atoms with Gasteiger partial charge in [0.2, 0.25) is 12.7 Å². The Morgan fingerprint density at radius 3 is 2.49 bits per heavy atom. The molecule has 0 bridgehead atoms. The molecule has 0 radical (unpaired) electrons. The molecule has 8 nitrogen and oxygen atoms in total. The molecule has 1 aromatic heterocycles. The first-order chi connectivity index (χ1) is 16.9. The molecule has 1 amide bonds. The van der Waals surface area contributed by atoms with E-state index in [0.29, 0.717) is 45.9 Å². The Hall–Kier alpha value is -3.20. The molecule has 5 rings (SSSR count). The number of hydrogen-bond acceptors (Lipinski definition) is 7. The van der Waals surface area contributed by atoms with Gasteiger partial charge in [0.05, 0.1) is 30.3 Å². The molecule has 2 aliphatic heterocycles. The molecule has 184 valence electrons. The van der Waals surface area contributed by atoms with Gasteiger partial charge in [0.25, 0.3) is 5.56 Å². The third kappa shape index (κ3) is 4.96. The number of hydrogen-bond donors (Lipinski definition) is 0. The van der Waals surface area contributed by atoms with Gasteiger partial charge in [0, 0.05) is 19.2 Å². The monoisotopic (exact) mass is 495 g/mol. The zero-order valence-electron chi connectivity index (χ0n) is 20.2. The van der Waals surface area contributed by atoms with Gasteiger partial charge >= 0.3 is 0 Å². The molecule has 0 aliphatic carbocycles. The second-order valence-corrected chi connectivity index (χ2v) is 10.3. The van der Waals surface area contributed by atoms with Crippen LogP contribution >= 0.6 is 11.8 Å². The Morgan fingerprint density at radius 1 is 1.11 bits per heavy atom. The van der Waals surface area contributed by atoms with Gasteiger partial charge in [-0.15, -0.1) is 0 Å². The van der Waals surface area contributed by atoms with Gasteiger partial charge in [-0.05, 0) is 42.0 Å². The number of benzene rings is 2. The summed E-state index contributed by atoms with van der Waals surface area (Å²) in [5, 5.41) is 0.959. The van der Waals surface area contributed by atoms with E-state index in [-0.39, 0.29) is 24.0 Å². The van der Waals surface area contributed by atoms with Crippen molar-refractivity contribution in [1.29, 1.82) is 0 Å². The average molecular weight is 496 g/mol. The van der Waals surface area contributed by atoms with Crippen LogP contribution in [0, 0.1) is 11.8 Å². The van der Waals surface area contributed by atoms with Gasteiger partial charge in [0.1, 0.15) is 5.75 Å². The fourth-order valence-corrected chi connectivity index (χ4v) is 5.74. The number of carbonyl (C=O) groups is 1. The fourth-order valence-electron chi connectivity index (χ4n) is 4.84. The van der Waals surface area contributed by atoms with Crippen molar-refractivity contribution < 1.29 is 19.0 Å². The number of rotatable bonds is 6. The molecule has 0 saturated carbocycles. The minimum Gasteiger partial charge on any atom is -0.497 e. The zero-order chi connectivity index (χ0) is 24.5. The lowest BCUT2D eigenvalue weighted by Crippen LogP contribution is -2.43. The highest BCUT2D eigenvalue weighted by atomic mass is 32.2. The highest BCUT2D eigenvalue weighted by molar-refractivity contribution is 7.99. The van der Waals surface area contributed by atoms with E-state index in [1.165, 1.54) is 11.8 Å². The third-order valence-corrected chi connectivity index (χ3v) is 7.42. The van der Waals surface area contributed by atoms with Crippen LogP contribution in [0.5, 0.6) is 17.2 Å². The number of carbonyl (C=O) groups excluding carboxylic acids is 1. The van der Waals surface area contributed by atoms with Gasteiger partial charge in [0.15, 0.2) is 16.7 Å². The summed E-state index contributed by atoms with van der Waals surface area (Å²) in [7, 11) is 1.62. The SMILES string of the molecule is COc1ccc(Cn2c(SCC(=O)N3CC(C)CC(C)C3)nc3cc4c(cc3c2=O)OCO4)cc1. The van der Waals surface area contributed by atoms with Crippen molar-refractivity contribution in [3.8, 4) is 17.2 Å². The number of likely N-dealkylation sites (tertiary alicyclic amines) is 1. The summed E-state index contributed by atoms with van der Waals surface area (Å²) in [6, 6.07) is 11.0. The molecule has 0 spiro atoms. The molecular formula is C26H29N3O5S. The maximum atomic E-state index is 13.6. The van der Waals surface area contributed by atoms with Gasteiger partial charge in [-0.25, -0.2) is 4.98 Å². The lowest BCUT2D eigenvalue weighted by Gasteiger charge is -2.35. The van der Waals surface area contributed by atoms with E-state index in [4.69, 9.17) is 19.2 Å². The van der Waals surface area contributed by atoms with Crippen molar-refractivity contribution in [3.05, 3.63) is 52.3 Å². The Kier molecular flexibility index (Phi) is 6.60. The molecule has 2 aliphatic rings. The number of fused-ring (bicyclic) bond motifs is 2. The van der Waals surface area contributed by atoms with Crippen molar-refractivity contribution in [2.24, 2.45) is 11.8 Å². The van der Waals surface area contributed by atoms with E-state index in [2.05, 4.69) is 13.8 Å². The van der Waals surface area contributed by atoms with Crippen LogP contribution in [-0.2, 0) is 11.3 Å². The minimum atomic E-state index is -0.181. The van der Waals surface area contributed by atoms with Gasteiger partial charge in [-0.3, -0.25) is 14.2 Å². The summed E-state index contributed by atoms with van der Waals surface area (Å²) in [5.74, 6) is 3.13. The molecule has 1 fully saturated rings. The van der Waals surface area contributed by atoms with Crippen LogP contribution in [0.3, 0.4) is 0 Å². The number of amides is 1. The number of thioether (sulfide) groups is 1. The smallest absolute Gasteiger partial charge is 0.262 e. The number of methoxy groups -OCH3 is 1. The van der Waals surface area contributed by atoms with E-state index >= 15 is 0 Å². The van der Waals surface area contributed by atoms with Crippen LogP contribution < -0.4 is 19.8 Å². The van der Waals surface area contributed by atoms with Gasteiger partial charge in [-0.1, -0.05) is 37.7 Å². The maximum Gasteiger partial charge on any atom is 0.262 e. The van der Waals surface area contributed by atoms with E-state index in [1.807, 2.05) is 29.2 Å². The Morgan fingerprint density at radius 2 is 1.80 bits per heavy atom. The predicted molar refractivity (Wildman–Crippen MR) is 134 cm³/mol. The van der Waals surface area contributed by atoms with Crippen LogP contribution in [0.1, 0.15) is 25.8 Å². The summed E-state index contributed by atoms with van der Waals surface area (Å²) >= 11 is 1.30. The van der Waals surface area contributed by atoms with E-state index < -0.39 is 0 Å². The molecule has 2 aromatic carbocycles. The Balaban J connectivity index is 1.47. The van der Waals surface area contributed by atoms with Crippen molar-refractivity contribution in [1.82, 2.24) is 14.5 Å². The van der Waals surface area contributed by atoms with Gasteiger partial charge < -0.3 is 19.1 Å². The third-order valence-electron chi connectivity index (χ3n) is 6.46. The highest BCUT2D eigenvalue weighted by Gasteiger charge is 2.26. The second-order valence-electron chi connectivity index (χ2n) is 9.39. The topological polar surface area (TPSA) is 82.9 Å². The van der Waals surface area contributed by atoms with Crippen molar-refractivity contribution >= 4 is 28.6 Å². The normalized spacial score (nSPS) is 19.2. The molecule has 2 atom stereocenters. The molecule has 3 heterocycles. The number of piperidine rings is 1. The molecule has 9 heteroatoms. The summed E-state index contributed by atoms with van der Waals surface area (Å²) in [6.07, 6.45) is 1.14. The van der Waals surface area contributed by atoms with Crippen LogP contribution in [0.15, 0.2) is 46.3 Å². The quantitative estimate of drug-likeness (QED) is 0.380. The Labute approximate surface area is 208 Å². The van der Waals surface area contributed by atoms with Gasteiger partial charge in [-0.2, -0.15) is 0 Å². The number of nitrogens with zero attached hydrogens (tertiary/aromatic N) is 3. The largest absolute Gasteiger partial charge is 0.497 e. The number of ether oxygens (including phenoxy) is 3. The van der Waals surface area contributed by atoms with Crippen LogP contribution in [-0.4, -0.2) is 53.1 Å². The van der Waals surface area contributed by atoms with Crippen LogP contribution in [0.25, 0.3) is 10.9 Å². The first kappa shape index (κ1) is 23.5. The summed E-state index contributed by atoms with van der Waals surface area (Å²) in [6.45, 7) is 6.37.